The van der Waals surface area contributed by atoms with Crippen molar-refractivity contribution in [3.63, 3.8) is 0 Å². The lowest BCUT2D eigenvalue weighted by molar-refractivity contribution is 0.374. The van der Waals surface area contributed by atoms with Crippen LogP contribution in [0.3, 0.4) is 0 Å². The molecule has 0 fully saturated rings. The third-order valence-corrected chi connectivity index (χ3v) is 8.39. The first-order valence-corrected chi connectivity index (χ1v) is 14.6. The van der Waals surface area contributed by atoms with E-state index in [1.54, 1.807) is 0 Å². The van der Waals surface area contributed by atoms with Gasteiger partial charge < -0.3 is 4.57 Å². The van der Waals surface area contributed by atoms with Gasteiger partial charge in [-0.15, -0.1) is 0 Å². The van der Waals surface area contributed by atoms with E-state index in [1.807, 2.05) is 0 Å². The van der Waals surface area contributed by atoms with Gasteiger partial charge in [0.15, 0.2) is 116 Å². The molecule has 0 unspecified atom stereocenters. The predicted molar refractivity (Wildman–Crippen MR) is 146 cm³/mol. The molecule has 6 rings (SSSR count). The fourth-order valence-corrected chi connectivity index (χ4v) is 5.82. The summed E-state index contributed by atoms with van der Waals surface area (Å²) in [5, 5.41) is 0. The van der Waals surface area contributed by atoms with Crippen molar-refractivity contribution in [2.45, 2.75) is 0 Å². The van der Waals surface area contributed by atoms with E-state index < -0.39 is 200 Å². The first kappa shape index (κ1) is 43.2. The Balaban J connectivity index is 2.25. The van der Waals surface area contributed by atoms with Gasteiger partial charge in [-0.2, -0.15) is 0 Å². The van der Waals surface area contributed by atoms with Gasteiger partial charge in [0, 0.05) is 11.1 Å². The molecule has 1 aromatic heterocycles. The second kappa shape index (κ2) is 14.4. The van der Waals surface area contributed by atoms with Crippen LogP contribution in [0.5, 0.6) is 0 Å². The quantitative estimate of drug-likeness (QED) is 0.0923. The van der Waals surface area contributed by atoms with Crippen molar-refractivity contribution in [1.82, 2.24) is 4.57 Å². The molecule has 0 amide bonds. The van der Waals surface area contributed by atoms with Gasteiger partial charge in [-0.3, -0.25) is 0 Å². The Hall–Kier alpha value is -6.37. The number of rotatable bonds is 5. The van der Waals surface area contributed by atoms with Crippen LogP contribution >= 0.6 is 0 Å². The Morgan fingerprint density at radius 2 is 0.300 bits per heavy atom. The zero-order chi connectivity index (χ0) is 45.2. The van der Waals surface area contributed by atoms with Crippen LogP contribution in [0.25, 0.3) is 50.5 Å². The molecule has 316 valence electrons. The lowest BCUT2D eigenvalue weighted by Gasteiger charge is -2.20. The molecule has 60 heavy (non-hydrogen) atoms. The number of hydrogen-bond acceptors (Lipinski definition) is 0. The van der Waals surface area contributed by atoms with Gasteiger partial charge in [0.1, 0.15) is 5.69 Å². The minimum atomic E-state index is -3.61. The van der Waals surface area contributed by atoms with Crippen molar-refractivity contribution in [3.05, 3.63) is 145 Å². The summed E-state index contributed by atoms with van der Waals surface area (Å²) >= 11 is 0. The predicted octanol–water partition coefficient (Wildman–Crippen LogP) is 12.6. The summed E-state index contributed by atoms with van der Waals surface area (Å²) in [5.74, 6) is -87.6. The highest BCUT2D eigenvalue weighted by Crippen LogP contribution is 2.56. The smallest absolute Gasteiger partial charge is 0.200 e. The molecule has 5 aromatic carbocycles. The lowest BCUT2D eigenvalue weighted by Crippen LogP contribution is -2.15. The van der Waals surface area contributed by atoms with Crippen LogP contribution in [-0.4, -0.2) is 4.57 Å². The van der Waals surface area contributed by atoms with Crippen LogP contribution in [-0.2, 0) is 0 Å². The normalized spacial score (nSPS) is 11.8. The summed E-state index contributed by atoms with van der Waals surface area (Å²) in [6.45, 7) is 0. The number of aromatic nitrogens is 1. The van der Waals surface area contributed by atoms with E-state index in [2.05, 4.69) is 0 Å². The van der Waals surface area contributed by atoms with Crippen molar-refractivity contribution in [1.29, 1.82) is 0 Å². The van der Waals surface area contributed by atoms with Crippen molar-refractivity contribution < 1.29 is 110 Å². The lowest BCUT2D eigenvalue weighted by atomic mass is 9.89. The average Bonchev–Trinajstić information content (AvgIpc) is 3.52. The molecule has 0 spiro atoms. The van der Waals surface area contributed by atoms with Crippen LogP contribution in [0, 0.1) is 145 Å². The van der Waals surface area contributed by atoms with E-state index in [4.69, 9.17) is 0 Å². The maximum absolute atomic E-state index is 15.8. The molecule has 0 aliphatic rings. The molecule has 0 aliphatic heterocycles. The highest BCUT2D eigenvalue weighted by molar-refractivity contribution is 6.04. The van der Waals surface area contributed by atoms with Crippen LogP contribution in [0.15, 0.2) is 0 Å². The topological polar surface area (TPSA) is 4.93 Å². The van der Waals surface area contributed by atoms with E-state index in [0.717, 1.165) is 0 Å². The first-order valence-electron chi connectivity index (χ1n) is 14.6. The summed E-state index contributed by atoms with van der Waals surface area (Å²) < 4.78 is 376. The van der Waals surface area contributed by atoms with Crippen molar-refractivity contribution in [3.8, 4) is 50.5 Å². The van der Waals surface area contributed by atoms with Gasteiger partial charge in [0.25, 0.3) is 0 Å². The molecule has 0 N–H and O–H groups in total. The Kier molecular flexibility index (Phi) is 10.4. The fourth-order valence-electron chi connectivity index (χ4n) is 5.82. The largest absolute Gasteiger partial charge is 0.302 e. The van der Waals surface area contributed by atoms with Gasteiger partial charge in [-0.1, -0.05) is 0 Å². The van der Waals surface area contributed by atoms with Crippen LogP contribution < -0.4 is 0 Å². The molecular weight excluding hydrogens is 897 g/mol. The molecule has 0 saturated heterocycles. The Morgan fingerprint density at radius 1 is 0.150 bits per heavy atom. The molecule has 0 saturated carbocycles. The molecule has 0 radical (unpaired) electrons. The van der Waals surface area contributed by atoms with Gasteiger partial charge in [-0.05, 0) is 0 Å². The van der Waals surface area contributed by atoms with E-state index >= 15 is 43.9 Å². The maximum atomic E-state index is 15.8. The van der Waals surface area contributed by atoms with E-state index in [-0.39, 0.29) is 0 Å². The number of benzene rings is 5. The summed E-state index contributed by atoms with van der Waals surface area (Å²) in [5.41, 5.74) is -29.6. The zero-order valence-electron chi connectivity index (χ0n) is 26.9. The number of halogens is 25. The minimum absolute atomic E-state index is 1.78. The Bertz CT molecular complexity index is 2310. The van der Waals surface area contributed by atoms with E-state index in [9.17, 15) is 65.9 Å². The summed E-state index contributed by atoms with van der Waals surface area (Å²) in [6.07, 6.45) is 0. The summed E-state index contributed by atoms with van der Waals surface area (Å²) in [7, 11) is 0. The second-order valence-corrected chi connectivity index (χ2v) is 11.5. The van der Waals surface area contributed by atoms with Crippen molar-refractivity contribution in [2.24, 2.45) is 0 Å². The molecular formula is C34F25N. The zero-order valence-corrected chi connectivity index (χ0v) is 26.9. The van der Waals surface area contributed by atoms with E-state index in [0.29, 0.717) is 0 Å². The molecule has 0 aliphatic carbocycles. The summed E-state index contributed by atoms with van der Waals surface area (Å²) in [6, 6.07) is 0. The fraction of sp³-hybridized carbons (Fsp3) is 0. The Labute approximate surface area is 310 Å². The molecule has 1 heterocycles. The molecule has 1 nitrogen and oxygen atoms in total. The summed E-state index contributed by atoms with van der Waals surface area (Å²) in [4.78, 5) is 0. The maximum Gasteiger partial charge on any atom is 0.200 e. The van der Waals surface area contributed by atoms with Crippen LogP contribution in [0.1, 0.15) is 0 Å². The average molecular weight is 897 g/mol. The highest BCUT2D eigenvalue weighted by Gasteiger charge is 2.45. The van der Waals surface area contributed by atoms with Gasteiger partial charge in [0.2, 0.25) is 29.1 Å². The van der Waals surface area contributed by atoms with Crippen molar-refractivity contribution >= 4 is 0 Å². The standard InChI is InChI=1S/C34F25N/c35-7-3(8(36)16(44)23(51)15(7)43)1-2(4-9(37)17(45)24(52)18(46)10(4)38)33(6-13(41)21(49)26(54)22(50)14(6)42)60(34-30(58)28(56)27(55)29(57)31(34)59)32(1)5-11(39)19(47)25(53)20(48)12(5)40. The molecule has 6 aromatic rings. The van der Waals surface area contributed by atoms with Crippen LogP contribution in [0.4, 0.5) is 110 Å². The number of nitrogens with zero attached hydrogens (tertiary/aromatic N) is 1. The second-order valence-electron chi connectivity index (χ2n) is 11.5. The SMILES string of the molecule is Fc1c(F)c(F)c(-c2c(-c3c(F)c(F)c(F)c(F)c3F)c(-c3c(F)c(F)c(F)c(F)c3F)n(-c3c(F)c(F)c(F)c(F)c3F)c2-c2c(F)c(F)c(F)c(F)c2F)c(F)c1F. The third-order valence-electron chi connectivity index (χ3n) is 8.39. The number of hydrogen-bond donors (Lipinski definition) is 0. The van der Waals surface area contributed by atoms with E-state index in [1.165, 1.54) is 0 Å². The van der Waals surface area contributed by atoms with Gasteiger partial charge >= 0.3 is 0 Å². The first-order chi connectivity index (χ1) is 27.8. The Morgan fingerprint density at radius 3 is 0.500 bits per heavy atom. The van der Waals surface area contributed by atoms with Gasteiger partial charge in [0.05, 0.1) is 33.6 Å². The van der Waals surface area contributed by atoms with Gasteiger partial charge in [-0.25, -0.2) is 110 Å². The highest BCUT2D eigenvalue weighted by atomic mass is 19.2. The van der Waals surface area contributed by atoms with Crippen molar-refractivity contribution in [2.75, 3.05) is 0 Å². The molecule has 26 heteroatoms. The van der Waals surface area contributed by atoms with Crippen LogP contribution in [0.2, 0.25) is 0 Å². The molecule has 0 atom stereocenters. The molecule has 0 bridgehead atoms. The monoisotopic (exact) mass is 897 g/mol. The minimum Gasteiger partial charge on any atom is -0.302 e. The third kappa shape index (κ3) is 5.61.